The number of benzene rings is 1. The molecule has 8 nitrogen and oxygen atoms in total. The number of pyridine rings is 1. The van der Waals surface area contributed by atoms with E-state index in [2.05, 4.69) is 27.4 Å². The third-order valence-electron chi connectivity index (χ3n) is 8.98. The van der Waals surface area contributed by atoms with Crippen molar-refractivity contribution < 1.29 is 14.3 Å². The molecule has 0 radical (unpaired) electrons. The van der Waals surface area contributed by atoms with E-state index in [4.69, 9.17) is 9.72 Å². The van der Waals surface area contributed by atoms with E-state index in [1.807, 2.05) is 31.2 Å². The summed E-state index contributed by atoms with van der Waals surface area (Å²) < 4.78 is 5.77. The van der Waals surface area contributed by atoms with E-state index in [1.165, 1.54) is 5.56 Å². The number of anilines is 1. The molecule has 202 valence electrons. The average molecular weight is 518 g/mol. The molecule has 6 rings (SSSR count). The van der Waals surface area contributed by atoms with Crippen LogP contribution in [0.25, 0.3) is 0 Å². The molecule has 0 saturated carbocycles. The molecule has 4 aliphatic heterocycles. The number of fused-ring (bicyclic) bond motifs is 3. The lowest BCUT2D eigenvalue weighted by molar-refractivity contribution is 0.0903. The number of aromatic nitrogens is 1. The molecular formula is C30H39N5O3. The van der Waals surface area contributed by atoms with Crippen molar-refractivity contribution in [3.05, 3.63) is 52.7 Å². The Balaban J connectivity index is 1.07. The zero-order valence-corrected chi connectivity index (χ0v) is 22.5. The predicted molar refractivity (Wildman–Crippen MR) is 147 cm³/mol. The number of ether oxygens (including phenoxy) is 1. The van der Waals surface area contributed by atoms with E-state index in [9.17, 15) is 9.59 Å². The van der Waals surface area contributed by atoms with Gasteiger partial charge in [-0.3, -0.25) is 9.59 Å². The van der Waals surface area contributed by atoms with Crippen LogP contribution in [0.15, 0.2) is 30.5 Å². The Kier molecular flexibility index (Phi) is 6.99. The topological polar surface area (TPSA) is 86.8 Å². The molecule has 0 aliphatic carbocycles. The van der Waals surface area contributed by atoms with Crippen LogP contribution in [0, 0.1) is 6.92 Å². The summed E-state index contributed by atoms with van der Waals surface area (Å²) in [5.41, 5.74) is 3.47. The number of carbonyl (C=O) groups excluding carboxylic acids is 2. The molecule has 4 aliphatic rings. The molecule has 2 unspecified atom stereocenters. The van der Waals surface area contributed by atoms with Gasteiger partial charge in [-0.15, -0.1) is 0 Å². The summed E-state index contributed by atoms with van der Waals surface area (Å²) in [6, 6.07) is 8.91. The lowest BCUT2D eigenvalue weighted by Crippen LogP contribution is -2.51. The summed E-state index contributed by atoms with van der Waals surface area (Å²) >= 11 is 0. The monoisotopic (exact) mass is 517 g/mol. The van der Waals surface area contributed by atoms with Crippen molar-refractivity contribution in [2.75, 3.05) is 31.1 Å². The first-order chi connectivity index (χ1) is 18.5. The first kappa shape index (κ1) is 25.2. The number of hydrogen-bond donors (Lipinski definition) is 2. The Bertz CT molecular complexity index is 1190. The van der Waals surface area contributed by atoms with Crippen molar-refractivity contribution >= 4 is 17.6 Å². The van der Waals surface area contributed by atoms with Crippen LogP contribution >= 0.6 is 0 Å². The zero-order chi connectivity index (χ0) is 26.2. The molecule has 3 fully saturated rings. The van der Waals surface area contributed by atoms with Crippen LogP contribution in [-0.2, 0) is 6.42 Å². The summed E-state index contributed by atoms with van der Waals surface area (Å²) in [5.74, 6) is 1.77. The van der Waals surface area contributed by atoms with Gasteiger partial charge in [0.1, 0.15) is 11.6 Å². The van der Waals surface area contributed by atoms with E-state index in [0.29, 0.717) is 29.8 Å². The van der Waals surface area contributed by atoms with Crippen molar-refractivity contribution in [2.24, 2.45) is 0 Å². The minimum atomic E-state index is -0.0383. The summed E-state index contributed by atoms with van der Waals surface area (Å²) in [6.45, 7) is 7.90. The molecule has 3 atom stereocenters. The minimum absolute atomic E-state index is 0.00726. The lowest BCUT2D eigenvalue weighted by Gasteiger charge is -2.40. The smallest absolute Gasteiger partial charge is 0.253 e. The van der Waals surface area contributed by atoms with E-state index in [-0.39, 0.29) is 23.9 Å². The maximum absolute atomic E-state index is 13.2. The number of piperidine rings is 2. The van der Waals surface area contributed by atoms with E-state index in [1.54, 1.807) is 6.20 Å². The van der Waals surface area contributed by atoms with Gasteiger partial charge in [0.25, 0.3) is 11.8 Å². The standard InChI is InChI=1S/C30H39N5O3/c1-3-34-13-4-5-22(18-34)32-29(36)21-7-11-27(31-17-21)35-24-8-9-25(35)16-23(15-24)33-30(37)26-10-6-20-12-14-38-28(20)19(26)2/h6-7,10-11,17,22-25H,3-5,8-9,12-16,18H2,1-2H3,(H,32,36)(H,33,37)/t22-,23?,24?,25?/m1/s1. The average Bonchev–Trinajstić information content (AvgIpc) is 3.52. The van der Waals surface area contributed by atoms with Gasteiger partial charge >= 0.3 is 0 Å². The third kappa shape index (κ3) is 4.86. The number of likely N-dealkylation sites (tertiary alicyclic amines) is 1. The number of nitrogens with one attached hydrogen (secondary N) is 2. The van der Waals surface area contributed by atoms with Crippen LogP contribution in [0.2, 0.25) is 0 Å². The van der Waals surface area contributed by atoms with Gasteiger partial charge in [-0.05, 0) is 82.3 Å². The third-order valence-corrected chi connectivity index (χ3v) is 8.98. The molecule has 1 aromatic carbocycles. The quantitative estimate of drug-likeness (QED) is 0.610. The summed E-state index contributed by atoms with van der Waals surface area (Å²) in [7, 11) is 0. The molecule has 2 amide bonds. The largest absolute Gasteiger partial charge is 0.493 e. The zero-order valence-electron chi connectivity index (χ0n) is 22.5. The normalized spacial score (nSPS) is 26.5. The molecule has 2 aromatic rings. The Labute approximate surface area is 225 Å². The second-order valence-electron chi connectivity index (χ2n) is 11.4. The minimum Gasteiger partial charge on any atom is -0.493 e. The van der Waals surface area contributed by atoms with Gasteiger partial charge < -0.3 is 25.2 Å². The Hall–Kier alpha value is -3.13. The molecule has 0 spiro atoms. The van der Waals surface area contributed by atoms with Gasteiger partial charge in [-0.1, -0.05) is 13.0 Å². The van der Waals surface area contributed by atoms with Crippen LogP contribution in [0.4, 0.5) is 5.82 Å². The molecule has 2 N–H and O–H groups in total. The first-order valence-corrected chi connectivity index (χ1v) is 14.3. The van der Waals surface area contributed by atoms with Gasteiger partial charge in [-0.2, -0.15) is 0 Å². The lowest BCUT2D eigenvalue weighted by atomic mass is 9.96. The van der Waals surface area contributed by atoms with Gasteiger partial charge in [0.2, 0.25) is 0 Å². The summed E-state index contributed by atoms with van der Waals surface area (Å²) in [5, 5.41) is 6.51. The van der Waals surface area contributed by atoms with E-state index < -0.39 is 0 Å². The number of likely N-dealkylation sites (N-methyl/N-ethyl adjacent to an activating group) is 1. The van der Waals surface area contributed by atoms with Crippen LogP contribution in [-0.4, -0.2) is 72.1 Å². The van der Waals surface area contributed by atoms with Crippen LogP contribution in [0.5, 0.6) is 5.75 Å². The van der Waals surface area contributed by atoms with Crippen LogP contribution < -0.4 is 20.3 Å². The molecular weight excluding hydrogens is 478 g/mol. The van der Waals surface area contributed by atoms with Crippen molar-refractivity contribution in [1.29, 1.82) is 0 Å². The van der Waals surface area contributed by atoms with Crippen LogP contribution in [0.3, 0.4) is 0 Å². The highest BCUT2D eigenvalue weighted by Crippen LogP contribution is 2.39. The molecule has 38 heavy (non-hydrogen) atoms. The van der Waals surface area contributed by atoms with Crippen molar-refractivity contribution in [1.82, 2.24) is 20.5 Å². The van der Waals surface area contributed by atoms with Crippen molar-refractivity contribution in [3.63, 3.8) is 0 Å². The first-order valence-electron chi connectivity index (χ1n) is 14.3. The van der Waals surface area contributed by atoms with Crippen molar-refractivity contribution in [2.45, 2.75) is 83.0 Å². The van der Waals surface area contributed by atoms with Gasteiger partial charge in [0, 0.05) is 54.5 Å². The van der Waals surface area contributed by atoms with Crippen molar-refractivity contribution in [3.8, 4) is 5.75 Å². The number of nitrogens with zero attached hydrogens (tertiary/aromatic N) is 3. The molecule has 5 heterocycles. The Morgan fingerprint density at radius 1 is 1.03 bits per heavy atom. The Morgan fingerprint density at radius 3 is 2.55 bits per heavy atom. The molecule has 2 bridgehead atoms. The molecule has 8 heteroatoms. The second-order valence-corrected chi connectivity index (χ2v) is 11.4. The fourth-order valence-electron chi connectivity index (χ4n) is 6.99. The highest BCUT2D eigenvalue weighted by atomic mass is 16.5. The second kappa shape index (κ2) is 10.6. The predicted octanol–water partition coefficient (Wildman–Crippen LogP) is 3.47. The number of amides is 2. The van der Waals surface area contributed by atoms with Gasteiger partial charge in [0.05, 0.1) is 12.2 Å². The fourth-order valence-corrected chi connectivity index (χ4v) is 6.99. The van der Waals surface area contributed by atoms with Crippen LogP contribution in [0.1, 0.15) is 77.3 Å². The van der Waals surface area contributed by atoms with Gasteiger partial charge in [-0.25, -0.2) is 4.98 Å². The van der Waals surface area contributed by atoms with Gasteiger partial charge in [0.15, 0.2) is 0 Å². The molecule has 3 saturated heterocycles. The molecule has 1 aromatic heterocycles. The Morgan fingerprint density at radius 2 is 1.82 bits per heavy atom. The number of rotatable bonds is 6. The summed E-state index contributed by atoms with van der Waals surface area (Å²) in [6.07, 6.45) is 8.79. The fraction of sp³-hybridized carbons (Fsp3) is 0.567. The van der Waals surface area contributed by atoms with E-state index >= 15 is 0 Å². The van der Waals surface area contributed by atoms with E-state index in [0.717, 1.165) is 81.7 Å². The highest BCUT2D eigenvalue weighted by molar-refractivity contribution is 5.97. The highest BCUT2D eigenvalue weighted by Gasteiger charge is 2.42. The maximum Gasteiger partial charge on any atom is 0.253 e. The SMILES string of the molecule is CCN1CCC[C@@H](NC(=O)c2ccc(N3C4CCC3CC(NC(=O)c3ccc5c(c3C)OCC5)C4)nc2)C1. The summed E-state index contributed by atoms with van der Waals surface area (Å²) in [4.78, 5) is 35.5. The number of hydrogen-bond acceptors (Lipinski definition) is 6. The maximum atomic E-state index is 13.2. The number of carbonyl (C=O) groups is 2.